The fourth-order valence-electron chi connectivity index (χ4n) is 3.46. The Morgan fingerprint density at radius 2 is 2.00 bits per heavy atom. The number of benzene rings is 1. The number of thiophene rings is 1. The molecule has 1 aliphatic heterocycles. The van der Waals surface area contributed by atoms with E-state index in [1.165, 1.54) is 16.2 Å². The molecule has 0 unspecified atom stereocenters. The molecule has 3 heterocycles. The van der Waals surface area contributed by atoms with E-state index in [1.54, 1.807) is 17.5 Å². The number of piperidine rings is 1. The number of hydrogen-bond acceptors (Lipinski definition) is 6. The molecule has 0 spiro atoms. The number of ether oxygens (including phenoxy) is 1. The molecular weight excluding hydrogens is 438 g/mol. The molecule has 2 aromatic heterocycles. The Hall–Kier alpha value is -1.93. The van der Waals surface area contributed by atoms with Crippen LogP contribution in [0, 0.1) is 5.92 Å². The summed E-state index contributed by atoms with van der Waals surface area (Å²) in [5, 5.41) is 8.42. The predicted molar refractivity (Wildman–Crippen MR) is 123 cm³/mol. The van der Waals surface area contributed by atoms with E-state index in [0.717, 1.165) is 43.2 Å². The molecule has 5 nitrogen and oxygen atoms in total. The van der Waals surface area contributed by atoms with E-state index in [-0.39, 0.29) is 5.91 Å². The average Bonchev–Trinajstić information content (AvgIpc) is 3.45. The number of likely N-dealkylation sites (tertiary alicyclic amines) is 1. The van der Waals surface area contributed by atoms with Crippen LogP contribution < -0.4 is 10.1 Å². The van der Waals surface area contributed by atoms with E-state index in [1.807, 2.05) is 23.5 Å². The number of nitrogens with zero attached hydrogens (tertiary/aromatic N) is 2. The molecule has 0 bridgehead atoms. The number of halogens is 1. The monoisotopic (exact) mass is 461 g/mol. The van der Waals surface area contributed by atoms with Gasteiger partial charge in [-0.05, 0) is 67.6 Å². The van der Waals surface area contributed by atoms with Crippen LogP contribution in [0.3, 0.4) is 0 Å². The standard InChI is InChI=1S/C22H24ClN3O2S2/c23-17-3-5-18(6-4-17)28-14-21-25-20(15-30-21)22(27)24-12-16-7-9-26(10-8-16)13-19-2-1-11-29-19/h1-6,11,15-16H,7-10,12-14H2,(H,24,27). The molecule has 158 valence electrons. The maximum atomic E-state index is 12.5. The van der Waals surface area contributed by atoms with Crippen LogP contribution in [0.2, 0.25) is 5.02 Å². The zero-order chi connectivity index (χ0) is 20.8. The minimum Gasteiger partial charge on any atom is -0.486 e. The van der Waals surface area contributed by atoms with Gasteiger partial charge in [0.15, 0.2) is 0 Å². The van der Waals surface area contributed by atoms with Crippen molar-refractivity contribution in [3.05, 3.63) is 67.8 Å². The van der Waals surface area contributed by atoms with E-state index in [4.69, 9.17) is 16.3 Å². The van der Waals surface area contributed by atoms with Gasteiger partial charge in [-0.25, -0.2) is 4.98 Å². The highest BCUT2D eigenvalue weighted by Gasteiger charge is 2.21. The van der Waals surface area contributed by atoms with Gasteiger partial charge in [0.1, 0.15) is 23.1 Å². The van der Waals surface area contributed by atoms with Crippen molar-refractivity contribution >= 4 is 40.2 Å². The fourth-order valence-corrected chi connectivity index (χ4v) is 5.01. The van der Waals surface area contributed by atoms with Crippen molar-refractivity contribution in [2.24, 2.45) is 5.92 Å². The molecule has 4 rings (SSSR count). The summed E-state index contributed by atoms with van der Waals surface area (Å²) in [4.78, 5) is 20.8. The number of rotatable bonds is 8. The molecule has 1 aromatic carbocycles. The molecule has 1 amide bonds. The average molecular weight is 462 g/mol. The van der Waals surface area contributed by atoms with E-state index in [0.29, 0.717) is 29.8 Å². The molecule has 0 saturated carbocycles. The lowest BCUT2D eigenvalue weighted by Gasteiger charge is -2.31. The number of carbonyl (C=O) groups is 1. The lowest BCUT2D eigenvalue weighted by atomic mass is 9.96. The van der Waals surface area contributed by atoms with Crippen LogP contribution in [0.15, 0.2) is 47.2 Å². The van der Waals surface area contributed by atoms with E-state index in [2.05, 4.69) is 32.7 Å². The van der Waals surface area contributed by atoms with Crippen molar-refractivity contribution in [3.8, 4) is 5.75 Å². The first-order valence-electron chi connectivity index (χ1n) is 10.0. The molecular formula is C22H24ClN3O2S2. The van der Waals surface area contributed by atoms with Crippen LogP contribution in [-0.2, 0) is 13.2 Å². The third-order valence-electron chi connectivity index (χ3n) is 5.18. The van der Waals surface area contributed by atoms with Crippen molar-refractivity contribution in [1.29, 1.82) is 0 Å². The van der Waals surface area contributed by atoms with Gasteiger partial charge in [0.05, 0.1) is 0 Å². The second kappa shape index (κ2) is 10.4. The molecule has 3 aromatic rings. The number of thiazole rings is 1. The first kappa shape index (κ1) is 21.3. The number of nitrogens with one attached hydrogen (secondary N) is 1. The quantitative estimate of drug-likeness (QED) is 0.508. The van der Waals surface area contributed by atoms with Gasteiger partial charge in [-0.15, -0.1) is 22.7 Å². The second-order valence-electron chi connectivity index (χ2n) is 7.38. The lowest BCUT2D eigenvalue weighted by Crippen LogP contribution is -2.38. The number of amides is 1. The maximum Gasteiger partial charge on any atom is 0.270 e. The van der Waals surface area contributed by atoms with Gasteiger partial charge in [-0.2, -0.15) is 0 Å². The molecule has 0 atom stereocenters. The summed E-state index contributed by atoms with van der Waals surface area (Å²) < 4.78 is 5.70. The Labute approximate surface area is 189 Å². The van der Waals surface area contributed by atoms with Gasteiger partial charge in [0.2, 0.25) is 0 Å². The van der Waals surface area contributed by atoms with E-state index < -0.39 is 0 Å². The molecule has 1 aliphatic rings. The Morgan fingerprint density at radius 1 is 1.20 bits per heavy atom. The summed E-state index contributed by atoms with van der Waals surface area (Å²) in [6, 6.07) is 11.5. The first-order chi connectivity index (χ1) is 14.7. The summed E-state index contributed by atoms with van der Waals surface area (Å²) in [5.41, 5.74) is 0.463. The molecule has 1 saturated heterocycles. The van der Waals surface area contributed by atoms with Gasteiger partial charge in [0, 0.05) is 28.4 Å². The molecule has 30 heavy (non-hydrogen) atoms. The summed E-state index contributed by atoms with van der Waals surface area (Å²) >= 11 is 9.13. The zero-order valence-electron chi connectivity index (χ0n) is 16.6. The molecule has 1 N–H and O–H groups in total. The highest BCUT2D eigenvalue weighted by molar-refractivity contribution is 7.10. The molecule has 8 heteroatoms. The van der Waals surface area contributed by atoms with Crippen LogP contribution in [0.25, 0.3) is 0 Å². The smallest absolute Gasteiger partial charge is 0.270 e. The van der Waals surface area contributed by atoms with Crippen molar-refractivity contribution in [2.75, 3.05) is 19.6 Å². The first-order valence-corrected chi connectivity index (χ1v) is 12.1. The third-order valence-corrected chi connectivity index (χ3v) is 7.11. The van der Waals surface area contributed by atoms with Gasteiger partial charge in [-0.3, -0.25) is 9.69 Å². The van der Waals surface area contributed by atoms with Gasteiger partial charge >= 0.3 is 0 Å². The van der Waals surface area contributed by atoms with Crippen molar-refractivity contribution in [1.82, 2.24) is 15.2 Å². The fraction of sp³-hybridized carbons (Fsp3) is 0.364. The van der Waals surface area contributed by atoms with Crippen molar-refractivity contribution in [3.63, 3.8) is 0 Å². The highest BCUT2D eigenvalue weighted by Crippen LogP contribution is 2.21. The highest BCUT2D eigenvalue weighted by atomic mass is 35.5. The van der Waals surface area contributed by atoms with Crippen molar-refractivity contribution in [2.45, 2.75) is 26.0 Å². The predicted octanol–water partition coefficient (Wildman–Crippen LogP) is 5.08. The SMILES string of the molecule is O=C(NCC1CCN(Cc2cccs2)CC1)c1csc(COc2ccc(Cl)cc2)n1. The number of carbonyl (C=O) groups excluding carboxylic acids is 1. The molecule has 0 radical (unpaired) electrons. The van der Waals surface area contributed by atoms with Crippen LogP contribution >= 0.6 is 34.3 Å². The lowest BCUT2D eigenvalue weighted by molar-refractivity contribution is 0.0930. The number of aromatic nitrogens is 1. The Bertz CT molecular complexity index is 936. The Kier molecular flexibility index (Phi) is 7.38. The van der Waals surface area contributed by atoms with Gasteiger partial charge < -0.3 is 10.1 Å². The van der Waals surface area contributed by atoms with Gasteiger partial charge in [-0.1, -0.05) is 17.7 Å². The Morgan fingerprint density at radius 3 is 2.73 bits per heavy atom. The van der Waals surface area contributed by atoms with Gasteiger partial charge in [0.25, 0.3) is 5.91 Å². The zero-order valence-corrected chi connectivity index (χ0v) is 18.9. The normalized spacial score (nSPS) is 15.2. The van der Waals surface area contributed by atoms with Crippen LogP contribution in [0.1, 0.15) is 33.2 Å². The molecule has 0 aliphatic carbocycles. The summed E-state index contributed by atoms with van der Waals surface area (Å²) in [6.07, 6.45) is 2.23. The summed E-state index contributed by atoms with van der Waals surface area (Å²) in [6.45, 7) is 4.25. The second-order valence-corrected chi connectivity index (χ2v) is 9.79. The van der Waals surface area contributed by atoms with Crippen LogP contribution in [0.5, 0.6) is 5.75 Å². The van der Waals surface area contributed by atoms with Crippen LogP contribution in [0.4, 0.5) is 0 Å². The third kappa shape index (κ3) is 6.04. The van der Waals surface area contributed by atoms with E-state index in [9.17, 15) is 4.79 Å². The minimum atomic E-state index is -0.106. The van der Waals surface area contributed by atoms with Crippen LogP contribution in [-0.4, -0.2) is 35.4 Å². The summed E-state index contributed by atoms with van der Waals surface area (Å²) in [5.74, 6) is 1.15. The summed E-state index contributed by atoms with van der Waals surface area (Å²) in [7, 11) is 0. The maximum absolute atomic E-state index is 12.5. The Balaban J connectivity index is 1.18. The van der Waals surface area contributed by atoms with E-state index >= 15 is 0 Å². The molecule has 1 fully saturated rings. The number of hydrogen-bond donors (Lipinski definition) is 1. The van der Waals surface area contributed by atoms with Crippen molar-refractivity contribution < 1.29 is 9.53 Å². The largest absolute Gasteiger partial charge is 0.486 e. The minimum absolute atomic E-state index is 0.106. The topological polar surface area (TPSA) is 54.5 Å².